The number of thioether (sulfide) groups is 1. The van der Waals surface area contributed by atoms with Gasteiger partial charge in [-0.05, 0) is 12.1 Å². The quantitative estimate of drug-likeness (QED) is 0.824. The van der Waals surface area contributed by atoms with Gasteiger partial charge in [-0.2, -0.15) is 0 Å². The third kappa shape index (κ3) is 5.08. The number of hydrogen-bond acceptors (Lipinski definition) is 3. The molecule has 0 aromatic carbocycles. The lowest BCUT2D eigenvalue weighted by Crippen LogP contribution is -2.27. The molecule has 0 saturated carbocycles. The highest BCUT2D eigenvalue weighted by Crippen LogP contribution is 2.30. The first kappa shape index (κ1) is 15.0. The summed E-state index contributed by atoms with van der Waals surface area (Å²) in [6, 6.07) is 3.83. The second-order valence-corrected chi connectivity index (χ2v) is 8.15. The van der Waals surface area contributed by atoms with Crippen LogP contribution in [0.4, 0.5) is 5.69 Å². The summed E-state index contributed by atoms with van der Waals surface area (Å²) in [6.45, 7) is 12.1. The highest BCUT2D eigenvalue weighted by molar-refractivity contribution is 8.00. The molecule has 4 heteroatoms. The summed E-state index contributed by atoms with van der Waals surface area (Å²) in [5, 5.41) is 3.83. The fourth-order valence-corrected chi connectivity index (χ4v) is 2.02. The standard InChI is InChI=1S/C14H22N2OS/c1-13(2,3)12(17)16-10-7-8-11(15-9-10)18-14(4,5)6/h7-9H,1-6H3,(H,16,17). The van der Waals surface area contributed by atoms with Crippen LogP contribution < -0.4 is 5.32 Å². The van der Waals surface area contributed by atoms with Crippen LogP contribution in [0.1, 0.15) is 41.5 Å². The molecule has 0 atom stereocenters. The number of pyridine rings is 1. The van der Waals surface area contributed by atoms with Gasteiger partial charge < -0.3 is 5.32 Å². The first-order valence-corrected chi connectivity index (χ1v) is 6.86. The molecule has 0 aliphatic carbocycles. The number of amides is 1. The Balaban J connectivity index is 2.70. The Morgan fingerprint density at radius 3 is 2.17 bits per heavy atom. The van der Waals surface area contributed by atoms with Crippen LogP contribution in [0.5, 0.6) is 0 Å². The summed E-state index contributed by atoms with van der Waals surface area (Å²) in [5.41, 5.74) is 0.354. The van der Waals surface area contributed by atoms with Crippen LogP contribution in [0.3, 0.4) is 0 Å². The second-order valence-electron chi connectivity index (χ2n) is 6.30. The van der Waals surface area contributed by atoms with Gasteiger partial charge in [-0.15, -0.1) is 11.8 Å². The molecule has 0 aliphatic heterocycles. The van der Waals surface area contributed by atoms with E-state index in [0.717, 1.165) is 10.7 Å². The van der Waals surface area contributed by atoms with Crippen molar-refractivity contribution in [2.24, 2.45) is 5.41 Å². The minimum atomic E-state index is -0.390. The lowest BCUT2D eigenvalue weighted by molar-refractivity contribution is -0.123. The number of carbonyl (C=O) groups is 1. The van der Waals surface area contributed by atoms with Crippen LogP contribution in [-0.2, 0) is 4.79 Å². The summed E-state index contributed by atoms with van der Waals surface area (Å²) in [6.07, 6.45) is 1.71. The molecule has 0 aliphatic rings. The van der Waals surface area contributed by atoms with E-state index < -0.39 is 5.41 Å². The van der Waals surface area contributed by atoms with E-state index in [9.17, 15) is 4.79 Å². The van der Waals surface area contributed by atoms with E-state index in [-0.39, 0.29) is 10.7 Å². The zero-order valence-electron chi connectivity index (χ0n) is 12.0. The molecule has 0 saturated heterocycles. The zero-order valence-corrected chi connectivity index (χ0v) is 12.8. The molecular weight excluding hydrogens is 244 g/mol. The molecule has 1 N–H and O–H groups in total. The van der Waals surface area contributed by atoms with E-state index in [0.29, 0.717) is 0 Å². The Hall–Kier alpha value is -1.03. The average Bonchev–Trinajstić information content (AvgIpc) is 2.17. The van der Waals surface area contributed by atoms with E-state index in [4.69, 9.17) is 0 Å². The molecule has 0 unspecified atom stereocenters. The van der Waals surface area contributed by atoms with Gasteiger partial charge in [0, 0.05) is 10.2 Å². The monoisotopic (exact) mass is 266 g/mol. The predicted molar refractivity (Wildman–Crippen MR) is 77.9 cm³/mol. The number of nitrogens with one attached hydrogen (secondary N) is 1. The molecule has 18 heavy (non-hydrogen) atoms. The molecule has 100 valence electrons. The maximum absolute atomic E-state index is 11.8. The minimum Gasteiger partial charge on any atom is -0.324 e. The lowest BCUT2D eigenvalue weighted by atomic mass is 9.96. The topological polar surface area (TPSA) is 42.0 Å². The van der Waals surface area contributed by atoms with Gasteiger partial charge in [0.25, 0.3) is 0 Å². The maximum atomic E-state index is 11.8. The fraction of sp³-hybridized carbons (Fsp3) is 0.571. The minimum absolute atomic E-state index is 0.000486. The van der Waals surface area contributed by atoms with Gasteiger partial charge in [-0.25, -0.2) is 4.98 Å². The van der Waals surface area contributed by atoms with E-state index in [1.165, 1.54) is 0 Å². The van der Waals surface area contributed by atoms with Crippen molar-refractivity contribution in [2.75, 3.05) is 5.32 Å². The van der Waals surface area contributed by atoms with Gasteiger partial charge in [0.15, 0.2) is 0 Å². The number of hydrogen-bond donors (Lipinski definition) is 1. The van der Waals surface area contributed by atoms with Crippen LogP contribution in [0.15, 0.2) is 23.4 Å². The lowest BCUT2D eigenvalue weighted by Gasteiger charge is -2.18. The second kappa shape index (κ2) is 5.31. The van der Waals surface area contributed by atoms with E-state index >= 15 is 0 Å². The first-order chi connectivity index (χ1) is 8.08. The molecule has 3 nitrogen and oxygen atoms in total. The van der Waals surface area contributed by atoms with Crippen molar-refractivity contribution >= 4 is 23.4 Å². The predicted octanol–water partition coefficient (Wildman–Crippen LogP) is 3.96. The van der Waals surface area contributed by atoms with E-state index in [2.05, 4.69) is 31.1 Å². The molecule has 1 amide bonds. The smallest absolute Gasteiger partial charge is 0.229 e. The molecular formula is C14H22N2OS. The third-order valence-electron chi connectivity index (χ3n) is 2.09. The molecule has 0 spiro atoms. The van der Waals surface area contributed by atoms with Crippen LogP contribution in [0.25, 0.3) is 0 Å². The normalized spacial score (nSPS) is 12.3. The SMILES string of the molecule is CC(C)(C)Sc1ccc(NC(=O)C(C)(C)C)cn1. The van der Waals surface area contributed by atoms with Crippen molar-refractivity contribution in [1.29, 1.82) is 0 Å². The van der Waals surface area contributed by atoms with Gasteiger partial charge in [0.05, 0.1) is 16.9 Å². The van der Waals surface area contributed by atoms with Gasteiger partial charge in [0.1, 0.15) is 0 Å². The molecule has 1 heterocycles. The largest absolute Gasteiger partial charge is 0.324 e. The Morgan fingerprint density at radius 1 is 1.17 bits per heavy atom. The Bertz CT molecular complexity index is 413. The summed E-state index contributed by atoms with van der Waals surface area (Å²) in [5.74, 6) is 0.000486. The molecule has 0 bridgehead atoms. The molecule has 1 rings (SSSR count). The van der Waals surface area contributed by atoms with Crippen LogP contribution in [0.2, 0.25) is 0 Å². The number of rotatable bonds is 2. The maximum Gasteiger partial charge on any atom is 0.229 e. The number of carbonyl (C=O) groups excluding carboxylic acids is 1. The van der Waals surface area contributed by atoms with Crippen molar-refractivity contribution in [3.8, 4) is 0 Å². The summed E-state index contributed by atoms with van der Waals surface area (Å²) in [7, 11) is 0. The number of aromatic nitrogens is 1. The van der Waals surface area contributed by atoms with Crippen molar-refractivity contribution in [2.45, 2.75) is 51.3 Å². The Labute approximate surface area is 114 Å². The summed E-state index contributed by atoms with van der Waals surface area (Å²) >= 11 is 1.71. The van der Waals surface area contributed by atoms with Crippen LogP contribution >= 0.6 is 11.8 Å². The third-order valence-corrected chi connectivity index (χ3v) is 3.15. The fourth-order valence-electron chi connectivity index (χ4n) is 1.15. The highest BCUT2D eigenvalue weighted by Gasteiger charge is 2.21. The van der Waals surface area contributed by atoms with Gasteiger partial charge in [0.2, 0.25) is 5.91 Å². The summed E-state index contributed by atoms with van der Waals surface area (Å²) in [4.78, 5) is 16.2. The van der Waals surface area contributed by atoms with Crippen LogP contribution in [-0.4, -0.2) is 15.6 Å². The highest BCUT2D eigenvalue weighted by atomic mass is 32.2. The number of nitrogens with zero attached hydrogens (tertiary/aromatic N) is 1. The molecule has 1 aromatic rings. The molecule has 0 radical (unpaired) electrons. The average molecular weight is 266 g/mol. The first-order valence-electron chi connectivity index (χ1n) is 6.04. The Morgan fingerprint density at radius 2 is 1.78 bits per heavy atom. The summed E-state index contributed by atoms with van der Waals surface area (Å²) < 4.78 is 0.142. The van der Waals surface area contributed by atoms with Crippen molar-refractivity contribution in [3.63, 3.8) is 0 Å². The molecule has 0 fully saturated rings. The van der Waals surface area contributed by atoms with E-state index in [1.54, 1.807) is 18.0 Å². The van der Waals surface area contributed by atoms with Crippen molar-refractivity contribution < 1.29 is 4.79 Å². The van der Waals surface area contributed by atoms with Crippen molar-refractivity contribution in [1.82, 2.24) is 4.98 Å². The zero-order chi connectivity index (χ0) is 14.0. The van der Waals surface area contributed by atoms with Crippen molar-refractivity contribution in [3.05, 3.63) is 18.3 Å². The number of anilines is 1. The Kier molecular flexibility index (Phi) is 4.43. The van der Waals surface area contributed by atoms with Crippen LogP contribution in [0, 0.1) is 5.41 Å². The van der Waals surface area contributed by atoms with E-state index in [1.807, 2.05) is 32.9 Å². The molecule has 1 aromatic heterocycles. The van der Waals surface area contributed by atoms with Gasteiger partial charge in [-0.1, -0.05) is 41.5 Å². The van der Waals surface area contributed by atoms with Gasteiger partial charge in [-0.3, -0.25) is 4.79 Å². The van der Waals surface area contributed by atoms with Gasteiger partial charge >= 0.3 is 0 Å².